The summed E-state index contributed by atoms with van der Waals surface area (Å²) in [6.45, 7) is 5.13. The Bertz CT molecular complexity index is 636. The zero-order valence-corrected chi connectivity index (χ0v) is 19.3. The lowest BCUT2D eigenvalue weighted by atomic mass is 10.1. The Labute approximate surface area is 187 Å². The van der Waals surface area contributed by atoms with E-state index in [1.165, 1.54) is 0 Å². The van der Waals surface area contributed by atoms with Gasteiger partial charge < -0.3 is 20.1 Å². The smallest absolute Gasteiger partial charge is 0.389 e. The van der Waals surface area contributed by atoms with Crippen LogP contribution < -0.4 is 15.4 Å². The second kappa shape index (κ2) is 13.1. The van der Waals surface area contributed by atoms with E-state index < -0.39 is 12.6 Å². The molecule has 0 aliphatic carbocycles. The summed E-state index contributed by atoms with van der Waals surface area (Å²) in [6, 6.07) is 6.05. The largest absolute Gasteiger partial charge is 0.493 e. The molecular weight excluding hydrogens is 498 g/mol. The Morgan fingerprint density at radius 1 is 1.28 bits per heavy atom. The highest BCUT2D eigenvalue weighted by molar-refractivity contribution is 14.0. The van der Waals surface area contributed by atoms with E-state index in [2.05, 4.69) is 15.6 Å². The topological polar surface area (TPSA) is 54.9 Å². The van der Waals surface area contributed by atoms with Crippen molar-refractivity contribution in [2.24, 2.45) is 10.9 Å². The standard InChI is InChI=1S/C20H30F3N3O2.HI/c1-15-5-6-17(18(11-15)28-14-16-7-10-27-13-16)12-26-19(24-2)25-9-4-3-8-20(21,22)23;/h5-6,11,16H,3-4,7-10,12-14H2,1-2H3,(H2,24,25,26);1H. The molecule has 2 rings (SSSR count). The normalized spacial score (nSPS) is 17.0. The van der Waals surface area contributed by atoms with Crippen LogP contribution in [-0.2, 0) is 11.3 Å². The van der Waals surface area contributed by atoms with Crippen LogP contribution in [0.5, 0.6) is 5.75 Å². The van der Waals surface area contributed by atoms with Crippen LogP contribution in [0.15, 0.2) is 23.2 Å². The maximum absolute atomic E-state index is 12.2. The molecule has 0 radical (unpaired) electrons. The Morgan fingerprint density at radius 2 is 2.07 bits per heavy atom. The second-order valence-electron chi connectivity index (χ2n) is 7.08. The highest BCUT2D eigenvalue weighted by Crippen LogP contribution is 2.23. The van der Waals surface area contributed by atoms with Crippen LogP contribution in [0.3, 0.4) is 0 Å². The molecule has 0 spiro atoms. The van der Waals surface area contributed by atoms with Crippen LogP contribution in [0, 0.1) is 12.8 Å². The Hall–Kier alpha value is -1.23. The molecular formula is C20H31F3IN3O2. The van der Waals surface area contributed by atoms with E-state index >= 15 is 0 Å². The summed E-state index contributed by atoms with van der Waals surface area (Å²) in [7, 11) is 1.64. The van der Waals surface area contributed by atoms with Crippen molar-refractivity contribution in [3.63, 3.8) is 0 Å². The average molecular weight is 529 g/mol. The minimum absolute atomic E-state index is 0. The van der Waals surface area contributed by atoms with Gasteiger partial charge in [-0.2, -0.15) is 13.2 Å². The SMILES string of the molecule is CN=C(NCCCCC(F)(F)F)NCc1ccc(C)cc1OCC1CCOC1.I. The number of alkyl halides is 3. The molecule has 1 fully saturated rings. The fourth-order valence-electron chi connectivity index (χ4n) is 2.92. The first-order chi connectivity index (χ1) is 13.4. The van der Waals surface area contributed by atoms with Crippen molar-refractivity contribution in [1.82, 2.24) is 10.6 Å². The van der Waals surface area contributed by atoms with Crippen molar-refractivity contribution in [3.05, 3.63) is 29.3 Å². The molecule has 1 aromatic rings. The molecule has 1 saturated heterocycles. The summed E-state index contributed by atoms with van der Waals surface area (Å²) < 4.78 is 47.9. The van der Waals surface area contributed by atoms with Crippen molar-refractivity contribution in [2.45, 2.75) is 45.3 Å². The van der Waals surface area contributed by atoms with Gasteiger partial charge >= 0.3 is 6.18 Å². The van der Waals surface area contributed by atoms with E-state index in [0.29, 0.717) is 38.0 Å². The highest BCUT2D eigenvalue weighted by Gasteiger charge is 2.25. The highest BCUT2D eigenvalue weighted by atomic mass is 127. The molecule has 0 saturated carbocycles. The van der Waals surface area contributed by atoms with Gasteiger partial charge in [0.15, 0.2) is 5.96 Å². The molecule has 2 N–H and O–H groups in total. The molecule has 29 heavy (non-hydrogen) atoms. The van der Waals surface area contributed by atoms with Crippen LogP contribution >= 0.6 is 24.0 Å². The lowest BCUT2D eigenvalue weighted by Crippen LogP contribution is -2.37. The number of hydrogen-bond donors (Lipinski definition) is 2. The molecule has 9 heteroatoms. The van der Waals surface area contributed by atoms with Gasteiger partial charge in [0.1, 0.15) is 5.75 Å². The molecule has 0 aromatic heterocycles. The first kappa shape index (κ1) is 25.8. The monoisotopic (exact) mass is 529 g/mol. The van der Waals surface area contributed by atoms with Crippen LogP contribution in [0.2, 0.25) is 0 Å². The predicted octanol–water partition coefficient (Wildman–Crippen LogP) is 4.43. The number of aryl methyl sites for hydroxylation is 1. The summed E-state index contributed by atoms with van der Waals surface area (Å²) in [5.74, 6) is 1.82. The summed E-state index contributed by atoms with van der Waals surface area (Å²) in [5.41, 5.74) is 2.12. The van der Waals surface area contributed by atoms with Crippen molar-refractivity contribution >= 4 is 29.9 Å². The minimum Gasteiger partial charge on any atom is -0.493 e. The fourth-order valence-corrected chi connectivity index (χ4v) is 2.92. The van der Waals surface area contributed by atoms with Gasteiger partial charge in [0.05, 0.1) is 13.2 Å². The Morgan fingerprint density at radius 3 is 2.72 bits per heavy atom. The van der Waals surface area contributed by atoms with Crippen molar-refractivity contribution in [1.29, 1.82) is 0 Å². The van der Waals surface area contributed by atoms with Gasteiger partial charge in [0.2, 0.25) is 0 Å². The van der Waals surface area contributed by atoms with E-state index in [1.54, 1.807) is 7.05 Å². The van der Waals surface area contributed by atoms with Crippen LogP contribution in [0.25, 0.3) is 0 Å². The molecule has 0 bridgehead atoms. The van der Waals surface area contributed by atoms with Gasteiger partial charge in [-0.25, -0.2) is 0 Å². The third kappa shape index (κ3) is 10.4. The number of guanidine groups is 1. The number of nitrogens with zero attached hydrogens (tertiary/aromatic N) is 1. The number of ether oxygens (including phenoxy) is 2. The van der Waals surface area contributed by atoms with E-state index in [-0.39, 0.29) is 30.4 Å². The van der Waals surface area contributed by atoms with Crippen LogP contribution in [-0.4, -0.2) is 45.5 Å². The number of nitrogens with one attached hydrogen (secondary N) is 2. The quantitative estimate of drug-likeness (QED) is 0.215. The van der Waals surface area contributed by atoms with E-state index in [0.717, 1.165) is 36.5 Å². The van der Waals surface area contributed by atoms with E-state index in [9.17, 15) is 13.2 Å². The van der Waals surface area contributed by atoms with Crippen LogP contribution in [0.4, 0.5) is 13.2 Å². The maximum Gasteiger partial charge on any atom is 0.389 e. The Balaban J connectivity index is 0.00000420. The summed E-state index contributed by atoms with van der Waals surface area (Å²) in [5, 5.41) is 6.24. The van der Waals surface area contributed by atoms with Gasteiger partial charge in [-0.15, -0.1) is 24.0 Å². The summed E-state index contributed by atoms with van der Waals surface area (Å²) in [6.07, 6.45) is -3.29. The van der Waals surface area contributed by atoms with E-state index in [1.807, 2.05) is 25.1 Å². The fraction of sp³-hybridized carbons (Fsp3) is 0.650. The number of benzene rings is 1. The van der Waals surface area contributed by atoms with Crippen molar-refractivity contribution in [2.75, 3.05) is 33.4 Å². The summed E-state index contributed by atoms with van der Waals surface area (Å²) in [4.78, 5) is 4.12. The second-order valence-corrected chi connectivity index (χ2v) is 7.08. The number of aliphatic imine (C=N–C) groups is 1. The molecule has 1 unspecified atom stereocenters. The van der Waals surface area contributed by atoms with E-state index in [4.69, 9.17) is 9.47 Å². The van der Waals surface area contributed by atoms with Crippen molar-refractivity contribution < 1.29 is 22.6 Å². The third-order valence-electron chi connectivity index (χ3n) is 4.57. The molecule has 166 valence electrons. The lowest BCUT2D eigenvalue weighted by molar-refractivity contribution is -0.135. The maximum atomic E-state index is 12.2. The molecule has 1 aliphatic rings. The minimum atomic E-state index is -4.09. The predicted molar refractivity (Wildman–Crippen MR) is 119 cm³/mol. The lowest BCUT2D eigenvalue weighted by Gasteiger charge is -2.17. The van der Waals surface area contributed by atoms with Gasteiger partial charge in [-0.05, 0) is 37.8 Å². The van der Waals surface area contributed by atoms with Crippen LogP contribution in [0.1, 0.15) is 36.8 Å². The van der Waals surface area contributed by atoms with Gasteiger partial charge in [-0.3, -0.25) is 4.99 Å². The molecule has 1 aliphatic heterocycles. The van der Waals surface area contributed by atoms with Gasteiger partial charge in [0.25, 0.3) is 0 Å². The average Bonchev–Trinajstić information content (AvgIpc) is 3.16. The first-order valence-corrected chi connectivity index (χ1v) is 9.68. The zero-order valence-electron chi connectivity index (χ0n) is 17.0. The number of hydrogen-bond acceptors (Lipinski definition) is 3. The molecule has 1 heterocycles. The molecule has 5 nitrogen and oxygen atoms in total. The van der Waals surface area contributed by atoms with Gasteiger partial charge in [-0.1, -0.05) is 12.1 Å². The third-order valence-corrected chi connectivity index (χ3v) is 4.57. The Kier molecular flexibility index (Phi) is 11.7. The first-order valence-electron chi connectivity index (χ1n) is 9.68. The summed E-state index contributed by atoms with van der Waals surface area (Å²) >= 11 is 0. The molecule has 1 atom stereocenters. The number of unbranched alkanes of at least 4 members (excludes halogenated alkanes) is 1. The molecule has 0 amide bonds. The number of halogens is 4. The van der Waals surface area contributed by atoms with Crippen molar-refractivity contribution in [3.8, 4) is 5.75 Å². The molecule has 1 aromatic carbocycles. The number of rotatable bonds is 9. The zero-order chi connectivity index (χ0) is 20.4. The van der Waals surface area contributed by atoms with Gasteiger partial charge in [0, 0.05) is 44.6 Å².